The van der Waals surface area contributed by atoms with Crippen LogP contribution in [0.5, 0.6) is 0 Å². The predicted octanol–water partition coefficient (Wildman–Crippen LogP) is 3.54. The largest absolute Gasteiger partial charge is 0.341 e. The van der Waals surface area contributed by atoms with Gasteiger partial charge in [-0.05, 0) is 27.7 Å². The molecule has 0 heterocycles. The summed E-state index contributed by atoms with van der Waals surface area (Å²) in [7, 11) is -0.949. The molecule has 0 amide bonds. The summed E-state index contributed by atoms with van der Waals surface area (Å²) in [4.78, 5) is 2.30. The maximum atomic E-state index is 8.36. The Labute approximate surface area is 99.0 Å². The molecule has 0 saturated heterocycles. The molecule has 0 aromatic heterocycles. The molecule has 15 heavy (non-hydrogen) atoms. The monoisotopic (exact) mass is 250 g/mol. The summed E-state index contributed by atoms with van der Waals surface area (Å²) < 4.78 is 5.38. The second-order valence-corrected chi connectivity index (χ2v) is 6.21. The van der Waals surface area contributed by atoms with E-state index in [0.29, 0.717) is 25.1 Å². The van der Waals surface area contributed by atoms with Gasteiger partial charge >= 0.3 is 0 Å². The van der Waals surface area contributed by atoms with Crippen molar-refractivity contribution in [3.05, 3.63) is 0 Å². The second kappa shape index (κ2) is 8.30. The van der Waals surface area contributed by atoms with Crippen LogP contribution in [0.2, 0.25) is 0 Å². The molecule has 88 valence electrons. The summed E-state index contributed by atoms with van der Waals surface area (Å²) in [5, 5.41) is 8.36. The minimum Gasteiger partial charge on any atom is -0.341 e. The molecule has 0 bridgehead atoms. The molecule has 0 aliphatic heterocycles. The van der Waals surface area contributed by atoms with Crippen LogP contribution < -0.4 is 0 Å². The van der Waals surface area contributed by atoms with Gasteiger partial charge in [-0.3, -0.25) is 4.90 Å². The van der Waals surface area contributed by atoms with Gasteiger partial charge in [0.2, 0.25) is 0 Å². The number of hydrogen-bond donors (Lipinski definition) is 0. The third-order valence-corrected chi connectivity index (χ3v) is 3.67. The van der Waals surface area contributed by atoms with Crippen LogP contribution in [0.4, 0.5) is 0 Å². The highest BCUT2D eigenvalue weighted by atomic mass is 35.7. The molecule has 0 aliphatic rings. The van der Waals surface area contributed by atoms with Crippen molar-refractivity contribution in [2.75, 3.05) is 12.9 Å². The zero-order chi connectivity index (χ0) is 11.8. The average molecular weight is 251 g/mol. The molecule has 3 nitrogen and oxygen atoms in total. The molecule has 0 spiro atoms. The van der Waals surface area contributed by atoms with Crippen molar-refractivity contribution in [3.63, 3.8) is 0 Å². The van der Waals surface area contributed by atoms with Crippen LogP contribution in [-0.2, 0) is 4.52 Å². The van der Waals surface area contributed by atoms with E-state index in [0.717, 1.165) is 6.29 Å². The molecule has 0 saturated carbocycles. The van der Waals surface area contributed by atoms with E-state index in [-0.39, 0.29) is 0 Å². The molecule has 0 aliphatic carbocycles. The molecule has 0 radical (unpaired) electrons. The lowest BCUT2D eigenvalue weighted by Crippen LogP contribution is -2.36. The molecule has 0 N–H and O–H groups in total. The number of nitriles is 1. The van der Waals surface area contributed by atoms with E-state index in [1.165, 1.54) is 0 Å². The lowest BCUT2D eigenvalue weighted by molar-refractivity contribution is 0.202. The Morgan fingerprint density at radius 2 is 1.87 bits per heavy atom. The number of rotatable bonds is 7. The Morgan fingerprint density at radius 1 is 1.33 bits per heavy atom. The van der Waals surface area contributed by atoms with Crippen molar-refractivity contribution in [2.24, 2.45) is 0 Å². The van der Waals surface area contributed by atoms with Crippen LogP contribution in [0.15, 0.2) is 0 Å². The number of halogens is 1. The van der Waals surface area contributed by atoms with Gasteiger partial charge in [-0.1, -0.05) is 11.2 Å². The Hall–Kier alpha value is 0.130. The van der Waals surface area contributed by atoms with E-state index in [4.69, 9.17) is 21.0 Å². The Morgan fingerprint density at radius 3 is 2.27 bits per heavy atom. The SMILES string of the molecule is CC(C)N(CP(Cl)OCCC#N)C(C)C. The summed E-state index contributed by atoms with van der Waals surface area (Å²) in [6, 6.07) is 2.97. The van der Waals surface area contributed by atoms with E-state index in [9.17, 15) is 0 Å². The number of hydrogen-bond acceptors (Lipinski definition) is 3. The van der Waals surface area contributed by atoms with Crippen molar-refractivity contribution in [3.8, 4) is 6.07 Å². The van der Waals surface area contributed by atoms with Gasteiger partial charge in [0.25, 0.3) is 0 Å². The molecule has 5 heteroatoms. The molecular weight excluding hydrogens is 231 g/mol. The first kappa shape index (κ1) is 15.1. The number of nitrogens with zero attached hydrogens (tertiary/aromatic N) is 2. The second-order valence-electron chi connectivity index (χ2n) is 3.90. The Bertz CT molecular complexity index is 198. The van der Waals surface area contributed by atoms with E-state index >= 15 is 0 Å². The molecule has 0 aromatic carbocycles. The van der Waals surface area contributed by atoms with Crippen molar-refractivity contribution in [2.45, 2.75) is 46.2 Å². The zero-order valence-corrected chi connectivity index (χ0v) is 11.6. The summed E-state index contributed by atoms with van der Waals surface area (Å²) in [6.07, 6.45) is 1.17. The molecule has 0 rings (SSSR count). The normalized spacial score (nSPS) is 13.5. The van der Waals surface area contributed by atoms with Crippen molar-refractivity contribution in [1.82, 2.24) is 4.90 Å². The highest BCUT2D eigenvalue weighted by Crippen LogP contribution is 2.43. The van der Waals surface area contributed by atoms with Crippen LogP contribution in [0.1, 0.15) is 34.1 Å². The fraction of sp³-hybridized carbons (Fsp3) is 0.900. The van der Waals surface area contributed by atoms with Crippen LogP contribution >= 0.6 is 18.7 Å². The Kier molecular flexibility index (Phi) is 8.37. The molecular formula is C10H20ClN2OP. The van der Waals surface area contributed by atoms with Crippen LogP contribution in [0, 0.1) is 11.3 Å². The minimum atomic E-state index is -0.949. The molecule has 0 aromatic rings. The van der Waals surface area contributed by atoms with Crippen molar-refractivity contribution >= 4 is 18.7 Å². The minimum absolute atomic E-state index is 0.412. The topological polar surface area (TPSA) is 36.3 Å². The fourth-order valence-corrected chi connectivity index (χ4v) is 3.14. The van der Waals surface area contributed by atoms with Gasteiger partial charge in [0.05, 0.1) is 25.4 Å². The van der Waals surface area contributed by atoms with Crippen molar-refractivity contribution < 1.29 is 4.52 Å². The molecule has 0 fully saturated rings. The lowest BCUT2D eigenvalue weighted by Gasteiger charge is -2.31. The maximum Gasteiger partial charge on any atom is 0.139 e. The fourth-order valence-electron chi connectivity index (χ4n) is 1.28. The summed E-state index contributed by atoms with van der Waals surface area (Å²) in [6.45, 7) is 9.03. The first-order valence-corrected chi connectivity index (χ1v) is 7.53. The summed E-state index contributed by atoms with van der Waals surface area (Å²) >= 11 is 6.09. The van der Waals surface area contributed by atoms with Crippen LogP contribution in [-0.4, -0.2) is 29.9 Å². The quantitative estimate of drug-likeness (QED) is 0.512. The van der Waals surface area contributed by atoms with Gasteiger partial charge in [-0.25, -0.2) is 0 Å². The van der Waals surface area contributed by atoms with Gasteiger partial charge in [-0.2, -0.15) is 5.26 Å². The predicted molar refractivity (Wildman–Crippen MR) is 65.9 cm³/mol. The van der Waals surface area contributed by atoms with Gasteiger partial charge < -0.3 is 4.52 Å². The third-order valence-electron chi connectivity index (χ3n) is 2.05. The van der Waals surface area contributed by atoms with Crippen LogP contribution in [0.25, 0.3) is 0 Å². The first-order valence-electron chi connectivity index (χ1n) is 5.18. The van der Waals surface area contributed by atoms with Gasteiger partial charge in [0, 0.05) is 12.1 Å². The molecule has 1 atom stereocenters. The zero-order valence-electron chi connectivity index (χ0n) is 9.90. The smallest absolute Gasteiger partial charge is 0.139 e. The van der Waals surface area contributed by atoms with E-state index in [2.05, 4.69) is 32.6 Å². The summed E-state index contributed by atoms with van der Waals surface area (Å²) in [5.74, 6) is 0. The first-order chi connectivity index (χ1) is 6.99. The third kappa shape index (κ3) is 7.09. The summed E-state index contributed by atoms with van der Waals surface area (Å²) in [5.41, 5.74) is 0. The Balaban J connectivity index is 3.90. The van der Waals surface area contributed by atoms with E-state index < -0.39 is 7.50 Å². The highest BCUT2D eigenvalue weighted by Gasteiger charge is 2.18. The standard InChI is InChI=1S/C10H20ClN2OP/c1-9(2)13(10(3)4)8-15(11)14-7-5-6-12/h9-10H,5,7-8H2,1-4H3. The average Bonchev–Trinajstić information content (AvgIpc) is 2.13. The van der Waals surface area contributed by atoms with Crippen LogP contribution in [0.3, 0.4) is 0 Å². The van der Waals surface area contributed by atoms with Gasteiger partial charge in [0.15, 0.2) is 0 Å². The lowest BCUT2D eigenvalue weighted by atomic mass is 10.2. The van der Waals surface area contributed by atoms with E-state index in [1.54, 1.807) is 0 Å². The molecule has 1 unspecified atom stereocenters. The van der Waals surface area contributed by atoms with Crippen molar-refractivity contribution in [1.29, 1.82) is 5.26 Å². The van der Waals surface area contributed by atoms with Gasteiger partial charge in [0.1, 0.15) is 7.50 Å². The highest BCUT2D eigenvalue weighted by molar-refractivity contribution is 7.80. The van der Waals surface area contributed by atoms with Gasteiger partial charge in [-0.15, -0.1) is 0 Å². The van der Waals surface area contributed by atoms with E-state index in [1.807, 2.05) is 6.07 Å². The maximum absolute atomic E-state index is 8.36.